The standard InChI is InChI=1S/C26H32N4O4/c1-3-19-5-4-10-27-21(19)14-28-22(31)15-30-16(2)11-20-23(24(30)32)29-25(33)34-26(20,12-17-6-7-17)13-18-8-9-18/h4-5,10-11,17-18H,3,6-9,12-15H2,1-2H3,(H,28,31)(H,29,33). The van der Waals surface area contributed by atoms with Crippen molar-refractivity contribution in [2.75, 3.05) is 5.32 Å². The zero-order chi connectivity index (χ0) is 23.9. The Balaban J connectivity index is 1.40. The molecule has 2 aromatic rings. The Bertz CT molecular complexity index is 1170. The van der Waals surface area contributed by atoms with Crippen LogP contribution in [-0.4, -0.2) is 21.6 Å². The molecule has 0 saturated heterocycles. The van der Waals surface area contributed by atoms with Gasteiger partial charge in [0.2, 0.25) is 5.91 Å². The van der Waals surface area contributed by atoms with Gasteiger partial charge in [-0.3, -0.25) is 19.9 Å². The molecule has 0 radical (unpaired) electrons. The zero-order valence-electron chi connectivity index (χ0n) is 19.9. The summed E-state index contributed by atoms with van der Waals surface area (Å²) >= 11 is 0. The van der Waals surface area contributed by atoms with Crippen LogP contribution in [0, 0.1) is 18.8 Å². The van der Waals surface area contributed by atoms with Crippen LogP contribution >= 0.6 is 0 Å². The van der Waals surface area contributed by atoms with E-state index in [9.17, 15) is 14.4 Å². The summed E-state index contributed by atoms with van der Waals surface area (Å²) in [7, 11) is 0. The van der Waals surface area contributed by atoms with Crippen molar-refractivity contribution in [2.45, 2.75) is 77.5 Å². The number of nitrogens with one attached hydrogen (secondary N) is 2. The number of hydrogen-bond acceptors (Lipinski definition) is 5. The van der Waals surface area contributed by atoms with Gasteiger partial charge in [0.25, 0.3) is 5.56 Å². The lowest BCUT2D eigenvalue weighted by atomic mass is 9.81. The number of pyridine rings is 2. The Morgan fingerprint density at radius 2 is 1.94 bits per heavy atom. The number of rotatable bonds is 9. The van der Waals surface area contributed by atoms with Crippen LogP contribution in [0.5, 0.6) is 0 Å². The summed E-state index contributed by atoms with van der Waals surface area (Å²) in [5, 5.41) is 5.53. The van der Waals surface area contributed by atoms with Crippen molar-refractivity contribution in [3.63, 3.8) is 0 Å². The highest BCUT2D eigenvalue weighted by Crippen LogP contribution is 2.52. The van der Waals surface area contributed by atoms with E-state index in [0.717, 1.165) is 61.8 Å². The molecule has 180 valence electrons. The minimum absolute atomic E-state index is 0.124. The summed E-state index contributed by atoms with van der Waals surface area (Å²) in [6.45, 7) is 4.06. The molecule has 0 spiro atoms. The average Bonchev–Trinajstić information content (AvgIpc) is 3.74. The predicted molar refractivity (Wildman–Crippen MR) is 127 cm³/mol. The van der Waals surface area contributed by atoms with Gasteiger partial charge >= 0.3 is 6.09 Å². The van der Waals surface area contributed by atoms with Crippen molar-refractivity contribution < 1.29 is 14.3 Å². The first-order valence-electron chi connectivity index (χ1n) is 12.3. The first-order chi connectivity index (χ1) is 16.4. The summed E-state index contributed by atoms with van der Waals surface area (Å²) in [6.07, 6.45) is 8.03. The lowest BCUT2D eigenvalue weighted by Crippen LogP contribution is -2.45. The van der Waals surface area contributed by atoms with Gasteiger partial charge in [0.1, 0.15) is 17.8 Å². The summed E-state index contributed by atoms with van der Waals surface area (Å²) in [4.78, 5) is 43.2. The van der Waals surface area contributed by atoms with E-state index in [1.54, 1.807) is 6.20 Å². The molecule has 2 fully saturated rings. The highest BCUT2D eigenvalue weighted by Gasteiger charge is 2.49. The van der Waals surface area contributed by atoms with Crippen molar-refractivity contribution in [1.29, 1.82) is 0 Å². The number of cyclic esters (lactones) is 1. The maximum Gasteiger partial charge on any atom is 0.412 e. The molecule has 8 nitrogen and oxygen atoms in total. The molecular weight excluding hydrogens is 432 g/mol. The molecule has 0 atom stereocenters. The maximum atomic E-state index is 13.5. The fourth-order valence-electron chi connectivity index (χ4n) is 5.10. The smallest absolute Gasteiger partial charge is 0.412 e. The number of amides is 2. The molecule has 8 heteroatoms. The largest absolute Gasteiger partial charge is 0.438 e. The molecular formula is C26H32N4O4. The van der Waals surface area contributed by atoms with Gasteiger partial charge in [0.05, 0.1) is 12.2 Å². The summed E-state index contributed by atoms with van der Waals surface area (Å²) < 4.78 is 7.39. The van der Waals surface area contributed by atoms with E-state index in [-0.39, 0.29) is 23.7 Å². The second-order valence-electron chi connectivity index (χ2n) is 10.0. The molecule has 0 aromatic carbocycles. The molecule has 2 aliphatic carbocycles. The van der Waals surface area contributed by atoms with Gasteiger partial charge in [0, 0.05) is 17.5 Å². The minimum Gasteiger partial charge on any atom is -0.438 e. The van der Waals surface area contributed by atoms with E-state index >= 15 is 0 Å². The fraction of sp³-hybridized carbons (Fsp3) is 0.538. The lowest BCUT2D eigenvalue weighted by molar-refractivity contribution is -0.121. The number of ether oxygens (including phenoxy) is 1. The van der Waals surface area contributed by atoms with Crippen LogP contribution in [0.2, 0.25) is 0 Å². The highest BCUT2D eigenvalue weighted by molar-refractivity contribution is 5.88. The number of hydrogen-bond donors (Lipinski definition) is 2. The Morgan fingerprint density at radius 3 is 2.59 bits per heavy atom. The number of fused-ring (bicyclic) bond motifs is 1. The van der Waals surface area contributed by atoms with Gasteiger partial charge in [0.15, 0.2) is 0 Å². The monoisotopic (exact) mass is 464 g/mol. The molecule has 2 aromatic heterocycles. The third-order valence-corrected chi connectivity index (χ3v) is 7.26. The Hall–Kier alpha value is -3.16. The molecule has 2 amide bonds. The Morgan fingerprint density at radius 1 is 1.24 bits per heavy atom. The van der Waals surface area contributed by atoms with Crippen LogP contribution in [0.1, 0.15) is 68.0 Å². The van der Waals surface area contributed by atoms with E-state index < -0.39 is 11.7 Å². The van der Waals surface area contributed by atoms with Crippen molar-refractivity contribution in [3.05, 3.63) is 57.3 Å². The minimum atomic E-state index is -0.749. The normalized spacial score (nSPS) is 18.6. The summed E-state index contributed by atoms with van der Waals surface area (Å²) in [6, 6.07) is 5.81. The third-order valence-electron chi connectivity index (χ3n) is 7.26. The number of nitrogens with zero attached hydrogens (tertiary/aromatic N) is 2. The van der Waals surface area contributed by atoms with E-state index in [4.69, 9.17) is 4.74 Å². The summed E-state index contributed by atoms with van der Waals surface area (Å²) in [5.74, 6) is 0.787. The van der Waals surface area contributed by atoms with Crippen molar-refractivity contribution in [3.8, 4) is 0 Å². The van der Waals surface area contributed by atoms with Gasteiger partial charge < -0.3 is 14.6 Å². The van der Waals surface area contributed by atoms with Crippen molar-refractivity contribution >= 4 is 17.7 Å². The molecule has 2 N–H and O–H groups in total. The fourth-order valence-corrected chi connectivity index (χ4v) is 5.10. The van der Waals surface area contributed by atoms with Gasteiger partial charge in [-0.05, 0) is 55.7 Å². The van der Waals surface area contributed by atoms with Crippen LogP contribution < -0.4 is 16.2 Å². The van der Waals surface area contributed by atoms with Crippen LogP contribution in [0.3, 0.4) is 0 Å². The molecule has 5 rings (SSSR count). The number of carbonyl (C=O) groups excluding carboxylic acids is 2. The van der Waals surface area contributed by atoms with Crippen molar-refractivity contribution in [1.82, 2.24) is 14.9 Å². The SMILES string of the molecule is CCc1cccnc1CNC(=O)Cn1c(C)cc2c(c1=O)NC(=O)OC2(CC1CC1)CC1CC1. The third kappa shape index (κ3) is 4.58. The van der Waals surface area contributed by atoms with E-state index in [0.29, 0.717) is 24.1 Å². The molecule has 1 aliphatic heterocycles. The van der Waals surface area contributed by atoms with E-state index in [1.807, 2.05) is 32.0 Å². The predicted octanol–water partition coefficient (Wildman–Crippen LogP) is 3.79. The average molecular weight is 465 g/mol. The van der Waals surface area contributed by atoms with Gasteiger partial charge in [-0.15, -0.1) is 0 Å². The lowest BCUT2D eigenvalue weighted by Gasteiger charge is -2.39. The second-order valence-corrected chi connectivity index (χ2v) is 10.0. The number of aromatic nitrogens is 2. The van der Waals surface area contributed by atoms with Crippen LogP contribution in [-0.2, 0) is 34.6 Å². The zero-order valence-corrected chi connectivity index (χ0v) is 19.9. The number of anilines is 1. The Kier molecular flexibility index (Phi) is 5.91. The summed E-state index contributed by atoms with van der Waals surface area (Å²) in [5.41, 5.74) is 2.50. The van der Waals surface area contributed by atoms with Crippen LogP contribution in [0.15, 0.2) is 29.2 Å². The number of carbonyl (C=O) groups is 2. The quantitative estimate of drug-likeness (QED) is 0.588. The van der Waals surface area contributed by atoms with Crippen molar-refractivity contribution in [2.24, 2.45) is 11.8 Å². The molecule has 3 aliphatic rings. The van der Waals surface area contributed by atoms with Gasteiger partial charge in [-0.1, -0.05) is 38.7 Å². The molecule has 34 heavy (non-hydrogen) atoms. The first-order valence-corrected chi connectivity index (χ1v) is 12.3. The molecule has 0 bridgehead atoms. The second kappa shape index (κ2) is 8.89. The highest BCUT2D eigenvalue weighted by atomic mass is 16.6. The maximum absolute atomic E-state index is 13.5. The van der Waals surface area contributed by atoms with Gasteiger partial charge in [-0.25, -0.2) is 4.79 Å². The molecule has 3 heterocycles. The Labute approximate surface area is 199 Å². The number of aryl methyl sites for hydroxylation is 2. The van der Waals surface area contributed by atoms with Gasteiger partial charge in [-0.2, -0.15) is 0 Å². The van der Waals surface area contributed by atoms with E-state index in [2.05, 4.69) is 15.6 Å². The van der Waals surface area contributed by atoms with Crippen LogP contribution in [0.4, 0.5) is 10.5 Å². The van der Waals surface area contributed by atoms with Crippen LogP contribution in [0.25, 0.3) is 0 Å². The topological polar surface area (TPSA) is 102 Å². The first kappa shape index (κ1) is 22.6. The molecule has 2 saturated carbocycles. The van der Waals surface area contributed by atoms with E-state index in [1.165, 1.54) is 4.57 Å². The molecule has 0 unspecified atom stereocenters.